The van der Waals surface area contributed by atoms with Crippen molar-refractivity contribution in [3.05, 3.63) is 30.3 Å². The summed E-state index contributed by atoms with van der Waals surface area (Å²) < 4.78 is 21.8. The summed E-state index contributed by atoms with van der Waals surface area (Å²) in [5.74, 6) is -0.926. The molecular formula is C20H26FN5O4. The smallest absolute Gasteiger partial charge is 0.414 e. The number of benzene rings is 1. The van der Waals surface area contributed by atoms with Gasteiger partial charge >= 0.3 is 12.1 Å². The van der Waals surface area contributed by atoms with Crippen LogP contribution in [0.1, 0.15) is 27.2 Å². The number of carbonyl (C=O) groups is 2. The summed E-state index contributed by atoms with van der Waals surface area (Å²) in [7, 11) is 1.74. The number of aromatic nitrogens is 2. The fourth-order valence-electron chi connectivity index (χ4n) is 3.10. The summed E-state index contributed by atoms with van der Waals surface area (Å²) >= 11 is 0. The van der Waals surface area contributed by atoms with Crippen LogP contribution in [0.2, 0.25) is 0 Å². The van der Waals surface area contributed by atoms with Crippen LogP contribution in [0.3, 0.4) is 0 Å². The molecule has 1 amide bonds. The van der Waals surface area contributed by atoms with Crippen LogP contribution in [0, 0.1) is 5.82 Å². The highest BCUT2D eigenvalue weighted by Crippen LogP contribution is 2.31. The SMILES string of the molecule is Cn1nc(NCCC(=O)O)c2cc(F)c(N3C=CN(C(=O)OC(C)(C)C)CC3)cc21. The Bertz CT molecular complexity index is 995. The molecule has 0 atom stereocenters. The van der Waals surface area contributed by atoms with Gasteiger partial charge in [-0.15, -0.1) is 0 Å². The Labute approximate surface area is 173 Å². The van der Waals surface area contributed by atoms with Crippen LogP contribution in [0.4, 0.5) is 20.7 Å². The zero-order chi connectivity index (χ0) is 22.1. The number of halogens is 1. The molecule has 2 aromatic rings. The van der Waals surface area contributed by atoms with Crippen LogP contribution in [0.25, 0.3) is 10.9 Å². The van der Waals surface area contributed by atoms with Crippen molar-refractivity contribution < 1.29 is 23.8 Å². The Kier molecular flexibility index (Phi) is 5.86. The van der Waals surface area contributed by atoms with Gasteiger partial charge in [-0.2, -0.15) is 5.10 Å². The van der Waals surface area contributed by atoms with Gasteiger partial charge in [-0.25, -0.2) is 9.18 Å². The van der Waals surface area contributed by atoms with E-state index in [1.54, 1.807) is 55.9 Å². The lowest BCUT2D eigenvalue weighted by Crippen LogP contribution is -2.41. The normalized spacial score (nSPS) is 14.3. The van der Waals surface area contributed by atoms with Crippen LogP contribution < -0.4 is 10.2 Å². The molecule has 30 heavy (non-hydrogen) atoms. The number of carboxylic acids is 1. The maximum Gasteiger partial charge on any atom is 0.414 e. The Hall–Kier alpha value is -3.30. The predicted octanol–water partition coefficient (Wildman–Crippen LogP) is 3.13. The molecule has 0 fully saturated rings. The number of carbonyl (C=O) groups excluding carboxylic acids is 1. The van der Waals surface area contributed by atoms with Crippen LogP contribution in [-0.4, -0.2) is 57.1 Å². The van der Waals surface area contributed by atoms with Crippen molar-refractivity contribution in [3.8, 4) is 0 Å². The van der Waals surface area contributed by atoms with Crippen LogP contribution in [0.5, 0.6) is 0 Å². The van der Waals surface area contributed by atoms with Gasteiger partial charge in [-0.3, -0.25) is 14.4 Å². The van der Waals surface area contributed by atoms with E-state index in [2.05, 4.69) is 10.4 Å². The molecule has 1 aliphatic rings. The molecule has 0 radical (unpaired) electrons. The second kappa shape index (κ2) is 8.21. The van der Waals surface area contributed by atoms with E-state index in [4.69, 9.17) is 9.84 Å². The molecule has 0 saturated carbocycles. The molecule has 0 saturated heterocycles. The van der Waals surface area contributed by atoms with Crippen LogP contribution in [0.15, 0.2) is 24.5 Å². The lowest BCUT2D eigenvalue weighted by molar-refractivity contribution is -0.136. The molecule has 2 N–H and O–H groups in total. The zero-order valence-electron chi connectivity index (χ0n) is 17.5. The first kappa shape index (κ1) is 21.4. The largest absolute Gasteiger partial charge is 0.481 e. The van der Waals surface area contributed by atoms with E-state index in [9.17, 15) is 14.0 Å². The molecule has 0 unspecified atom stereocenters. The maximum atomic E-state index is 14.9. The number of nitrogens with zero attached hydrogens (tertiary/aromatic N) is 4. The summed E-state index contributed by atoms with van der Waals surface area (Å²) in [6.07, 6.45) is 2.70. The molecule has 0 bridgehead atoms. The van der Waals surface area contributed by atoms with Crippen molar-refractivity contribution >= 4 is 34.5 Å². The summed E-state index contributed by atoms with van der Waals surface area (Å²) in [6.45, 7) is 6.35. The number of carboxylic acid groups (broad SMARTS) is 1. The number of anilines is 2. The van der Waals surface area contributed by atoms with Crippen molar-refractivity contribution in [1.82, 2.24) is 14.7 Å². The van der Waals surface area contributed by atoms with E-state index in [-0.39, 0.29) is 13.0 Å². The van der Waals surface area contributed by atoms with E-state index < -0.39 is 23.5 Å². The Morgan fingerprint density at radius 3 is 2.60 bits per heavy atom. The van der Waals surface area contributed by atoms with Gasteiger partial charge in [0.05, 0.1) is 17.6 Å². The summed E-state index contributed by atoms with van der Waals surface area (Å²) in [5.41, 5.74) is 0.476. The van der Waals surface area contributed by atoms with E-state index >= 15 is 0 Å². The molecule has 1 aromatic carbocycles. The van der Waals surface area contributed by atoms with Crippen molar-refractivity contribution in [2.45, 2.75) is 32.8 Å². The van der Waals surface area contributed by atoms with E-state index in [0.29, 0.717) is 35.5 Å². The second-order valence-corrected chi connectivity index (χ2v) is 8.03. The highest BCUT2D eigenvalue weighted by molar-refractivity contribution is 5.93. The summed E-state index contributed by atoms with van der Waals surface area (Å²) in [4.78, 5) is 26.0. The molecule has 1 aromatic heterocycles. The van der Waals surface area contributed by atoms with Gasteiger partial charge in [0.25, 0.3) is 0 Å². The van der Waals surface area contributed by atoms with Gasteiger partial charge in [0.2, 0.25) is 0 Å². The molecule has 9 nitrogen and oxygen atoms in total. The van der Waals surface area contributed by atoms with Gasteiger partial charge in [0.15, 0.2) is 5.82 Å². The van der Waals surface area contributed by atoms with Gasteiger partial charge < -0.3 is 20.1 Å². The fraction of sp³-hybridized carbons (Fsp3) is 0.450. The zero-order valence-corrected chi connectivity index (χ0v) is 17.5. The third kappa shape index (κ3) is 4.81. The number of aryl methyl sites for hydroxylation is 1. The number of ether oxygens (including phenoxy) is 1. The van der Waals surface area contributed by atoms with Gasteiger partial charge in [0.1, 0.15) is 11.4 Å². The second-order valence-electron chi connectivity index (χ2n) is 8.03. The summed E-state index contributed by atoms with van der Waals surface area (Å²) in [5, 5.41) is 16.6. The van der Waals surface area contributed by atoms with E-state index in [0.717, 1.165) is 0 Å². The monoisotopic (exact) mass is 419 g/mol. The minimum absolute atomic E-state index is 0.0641. The first-order valence-corrected chi connectivity index (χ1v) is 9.61. The first-order valence-electron chi connectivity index (χ1n) is 9.61. The van der Waals surface area contributed by atoms with Gasteiger partial charge in [-0.05, 0) is 32.9 Å². The Balaban J connectivity index is 1.79. The molecule has 2 heterocycles. The molecule has 10 heteroatoms. The standard InChI is InChI=1S/C20H26FN5O4/c1-20(2,3)30-19(29)26-9-7-25(8-10-26)16-12-15-13(11-14(16)21)18(23-24(15)4)22-6-5-17(27)28/h7,9,11-12H,5-6,8,10H2,1-4H3,(H,22,23)(H,27,28). The third-order valence-corrected chi connectivity index (χ3v) is 4.50. The lowest BCUT2D eigenvalue weighted by atomic mass is 10.2. The molecule has 1 aliphatic heterocycles. The molecule has 3 rings (SSSR count). The van der Waals surface area contributed by atoms with Crippen molar-refractivity contribution in [3.63, 3.8) is 0 Å². The quantitative estimate of drug-likeness (QED) is 0.768. The van der Waals surface area contributed by atoms with Crippen molar-refractivity contribution in [2.75, 3.05) is 29.9 Å². The van der Waals surface area contributed by atoms with E-state index in [1.165, 1.54) is 11.0 Å². The predicted molar refractivity (Wildman–Crippen MR) is 111 cm³/mol. The third-order valence-electron chi connectivity index (χ3n) is 4.50. The lowest BCUT2D eigenvalue weighted by Gasteiger charge is -2.31. The number of amides is 1. The molecule has 0 aliphatic carbocycles. The highest BCUT2D eigenvalue weighted by atomic mass is 19.1. The average Bonchev–Trinajstić information content (AvgIpc) is 2.94. The topological polar surface area (TPSA) is 99.9 Å². The Morgan fingerprint density at radius 2 is 2.00 bits per heavy atom. The molecule has 0 spiro atoms. The molecule has 162 valence electrons. The minimum Gasteiger partial charge on any atom is -0.481 e. The van der Waals surface area contributed by atoms with Crippen molar-refractivity contribution in [1.29, 1.82) is 0 Å². The number of hydrogen-bond donors (Lipinski definition) is 2. The first-order chi connectivity index (χ1) is 14.0. The number of aliphatic carboxylic acids is 1. The van der Waals surface area contributed by atoms with E-state index in [1.807, 2.05) is 0 Å². The van der Waals surface area contributed by atoms with Gasteiger partial charge in [0, 0.05) is 44.5 Å². The molecular weight excluding hydrogens is 393 g/mol. The van der Waals surface area contributed by atoms with Crippen LogP contribution in [-0.2, 0) is 16.6 Å². The summed E-state index contributed by atoms with van der Waals surface area (Å²) in [6, 6.07) is 3.07. The number of rotatable bonds is 5. The number of fused-ring (bicyclic) bond motifs is 1. The minimum atomic E-state index is -0.923. The van der Waals surface area contributed by atoms with Gasteiger partial charge in [-0.1, -0.05) is 0 Å². The maximum absolute atomic E-state index is 14.9. The highest BCUT2D eigenvalue weighted by Gasteiger charge is 2.24. The Morgan fingerprint density at radius 1 is 1.27 bits per heavy atom. The number of hydrogen-bond acceptors (Lipinski definition) is 6. The number of nitrogens with one attached hydrogen (secondary N) is 1. The van der Waals surface area contributed by atoms with Crippen LogP contribution >= 0.6 is 0 Å². The van der Waals surface area contributed by atoms with Crippen molar-refractivity contribution in [2.24, 2.45) is 7.05 Å². The fourth-order valence-corrected chi connectivity index (χ4v) is 3.10. The average molecular weight is 419 g/mol.